The molecule has 4 nitrogen and oxygen atoms in total. The van der Waals surface area contributed by atoms with Crippen molar-refractivity contribution in [3.63, 3.8) is 0 Å². The maximum atomic E-state index is 6.39. The van der Waals surface area contributed by atoms with Gasteiger partial charge in [-0.05, 0) is 38.6 Å². The van der Waals surface area contributed by atoms with E-state index >= 15 is 0 Å². The second kappa shape index (κ2) is 5.45. The van der Waals surface area contributed by atoms with Crippen LogP contribution < -0.4 is 5.73 Å². The second-order valence-corrected chi connectivity index (χ2v) is 7.59. The molecule has 0 amide bonds. The Morgan fingerprint density at radius 3 is 2.52 bits per heavy atom. The summed E-state index contributed by atoms with van der Waals surface area (Å²) in [7, 11) is 0. The van der Waals surface area contributed by atoms with Gasteiger partial charge in [0.1, 0.15) is 0 Å². The lowest BCUT2D eigenvalue weighted by molar-refractivity contribution is 0.0670. The minimum Gasteiger partial charge on any atom is -0.370 e. The van der Waals surface area contributed by atoms with Crippen molar-refractivity contribution in [3.8, 4) is 0 Å². The first-order valence-corrected chi connectivity index (χ1v) is 9.15. The second-order valence-electron chi connectivity index (χ2n) is 7.59. The summed E-state index contributed by atoms with van der Waals surface area (Å²) in [6, 6.07) is 1.36. The molecule has 0 aromatic rings. The number of hydrogen-bond donors (Lipinski definition) is 1. The summed E-state index contributed by atoms with van der Waals surface area (Å²) in [4.78, 5) is 10.1. The first kappa shape index (κ1) is 13.9. The molecule has 1 saturated carbocycles. The van der Waals surface area contributed by atoms with Gasteiger partial charge in [-0.2, -0.15) is 0 Å². The van der Waals surface area contributed by atoms with Gasteiger partial charge in [0.25, 0.3) is 0 Å². The average Bonchev–Trinajstić information content (AvgIpc) is 2.91. The molecule has 2 unspecified atom stereocenters. The Labute approximate surface area is 128 Å². The van der Waals surface area contributed by atoms with Gasteiger partial charge in [-0.25, -0.2) is 0 Å². The number of fused-ring (bicyclic) bond motifs is 2. The third-order valence-corrected chi connectivity index (χ3v) is 6.50. The summed E-state index contributed by atoms with van der Waals surface area (Å²) in [5.41, 5.74) is 6.64. The van der Waals surface area contributed by atoms with Crippen molar-refractivity contribution in [2.24, 2.45) is 10.7 Å². The topological polar surface area (TPSA) is 44.9 Å². The molecule has 0 aromatic carbocycles. The van der Waals surface area contributed by atoms with E-state index in [2.05, 4.69) is 9.80 Å². The van der Waals surface area contributed by atoms with E-state index in [0.29, 0.717) is 12.1 Å². The van der Waals surface area contributed by atoms with E-state index in [1.54, 1.807) is 0 Å². The Hall–Kier alpha value is -0.770. The van der Waals surface area contributed by atoms with Crippen LogP contribution in [-0.4, -0.2) is 53.0 Å². The van der Waals surface area contributed by atoms with E-state index in [1.165, 1.54) is 77.3 Å². The zero-order chi connectivity index (χ0) is 14.3. The van der Waals surface area contributed by atoms with Crippen LogP contribution in [0.15, 0.2) is 4.99 Å². The third kappa shape index (κ3) is 2.18. The van der Waals surface area contributed by atoms with E-state index in [0.717, 1.165) is 12.5 Å². The highest BCUT2D eigenvalue weighted by Gasteiger charge is 2.56. The minimum atomic E-state index is 0.250. The molecule has 3 fully saturated rings. The first-order chi connectivity index (χ1) is 10.3. The van der Waals surface area contributed by atoms with Crippen molar-refractivity contribution in [1.82, 2.24) is 9.80 Å². The van der Waals surface area contributed by atoms with Gasteiger partial charge in [0.15, 0.2) is 5.96 Å². The van der Waals surface area contributed by atoms with Gasteiger partial charge >= 0.3 is 0 Å². The van der Waals surface area contributed by atoms with Crippen molar-refractivity contribution in [3.05, 3.63) is 0 Å². The monoisotopic (exact) mass is 290 g/mol. The Kier molecular flexibility index (Phi) is 3.60. The summed E-state index contributed by atoms with van der Waals surface area (Å²) in [6.45, 7) is 3.51. The van der Waals surface area contributed by atoms with Crippen molar-refractivity contribution in [1.29, 1.82) is 0 Å². The fraction of sp³-hybridized carbons (Fsp3) is 0.941. The molecule has 2 saturated heterocycles. The summed E-state index contributed by atoms with van der Waals surface area (Å²) in [5, 5.41) is 0. The minimum absolute atomic E-state index is 0.250. The summed E-state index contributed by atoms with van der Waals surface area (Å²) in [5.74, 6) is 0.856. The molecule has 21 heavy (non-hydrogen) atoms. The van der Waals surface area contributed by atoms with E-state index in [9.17, 15) is 0 Å². The molecule has 2 atom stereocenters. The maximum absolute atomic E-state index is 6.39. The maximum Gasteiger partial charge on any atom is 0.192 e. The van der Waals surface area contributed by atoms with E-state index in [-0.39, 0.29) is 5.54 Å². The summed E-state index contributed by atoms with van der Waals surface area (Å²) < 4.78 is 0. The molecule has 2 N–H and O–H groups in total. The first-order valence-electron chi connectivity index (χ1n) is 9.15. The van der Waals surface area contributed by atoms with E-state index < -0.39 is 0 Å². The smallest absolute Gasteiger partial charge is 0.192 e. The van der Waals surface area contributed by atoms with Crippen LogP contribution in [0.3, 0.4) is 0 Å². The lowest BCUT2D eigenvalue weighted by Gasteiger charge is -2.47. The Bertz CT molecular complexity index is 413. The Morgan fingerprint density at radius 2 is 1.71 bits per heavy atom. The molecular weight excluding hydrogens is 260 g/mol. The molecule has 4 rings (SSSR count). The van der Waals surface area contributed by atoms with Crippen LogP contribution in [0.1, 0.15) is 64.2 Å². The van der Waals surface area contributed by atoms with Crippen molar-refractivity contribution >= 4 is 5.96 Å². The predicted molar refractivity (Wildman–Crippen MR) is 86.4 cm³/mol. The van der Waals surface area contributed by atoms with Crippen molar-refractivity contribution in [2.75, 3.05) is 19.6 Å². The van der Waals surface area contributed by atoms with Crippen LogP contribution >= 0.6 is 0 Å². The van der Waals surface area contributed by atoms with Gasteiger partial charge in [-0.1, -0.05) is 32.1 Å². The van der Waals surface area contributed by atoms with Gasteiger partial charge in [0, 0.05) is 18.6 Å². The average molecular weight is 290 g/mol. The van der Waals surface area contributed by atoms with Crippen LogP contribution in [0.25, 0.3) is 0 Å². The van der Waals surface area contributed by atoms with Gasteiger partial charge in [0.05, 0.1) is 12.1 Å². The molecule has 0 radical (unpaired) electrons. The quantitative estimate of drug-likeness (QED) is 0.754. The van der Waals surface area contributed by atoms with Crippen LogP contribution in [0.5, 0.6) is 0 Å². The lowest BCUT2D eigenvalue weighted by Crippen LogP contribution is -2.62. The Morgan fingerprint density at radius 1 is 0.952 bits per heavy atom. The standard InChI is InChI=1S/C17H30N4/c18-16-19-13-17(10-12-20-11-6-5-9-15(17)20)21(16)14-7-3-1-2-4-8-14/h14-15H,1-13H2,(H2,18,19). The fourth-order valence-electron chi connectivity index (χ4n) is 5.50. The number of guanidine groups is 1. The Balaban J connectivity index is 1.61. The molecule has 1 aliphatic carbocycles. The molecule has 4 aliphatic rings. The van der Waals surface area contributed by atoms with Crippen molar-refractivity contribution in [2.45, 2.75) is 81.8 Å². The zero-order valence-electron chi connectivity index (χ0n) is 13.3. The molecular formula is C17H30N4. The highest BCUT2D eigenvalue weighted by Crippen LogP contribution is 2.44. The van der Waals surface area contributed by atoms with Gasteiger partial charge in [0.2, 0.25) is 0 Å². The number of nitrogens with zero attached hydrogens (tertiary/aromatic N) is 3. The van der Waals surface area contributed by atoms with Crippen LogP contribution in [0, 0.1) is 0 Å². The highest BCUT2D eigenvalue weighted by atomic mass is 15.4. The number of rotatable bonds is 1. The largest absolute Gasteiger partial charge is 0.370 e. The SMILES string of the molecule is NC1=NCC2(CCN3CCCCC32)N1C1CCCCCC1. The number of aliphatic imine (C=N–C) groups is 1. The number of nitrogens with two attached hydrogens (primary N) is 1. The number of piperidine rings is 1. The van der Waals surface area contributed by atoms with Crippen LogP contribution in [-0.2, 0) is 0 Å². The summed E-state index contributed by atoms with van der Waals surface area (Å²) in [6.07, 6.45) is 13.6. The normalized spacial score (nSPS) is 38.6. The van der Waals surface area contributed by atoms with E-state index in [4.69, 9.17) is 10.7 Å². The fourth-order valence-corrected chi connectivity index (χ4v) is 5.50. The molecule has 3 heterocycles. The van der Waals surface area contributed by atoms with Gasteiger partial charge < -0.3 is 10.6 Å². The van der Waals surface area contributed by atoms with Crippen molar-refractivity contribution < 1.29 is 0 Å². The summed E-state index contributed by atoms with van der Waals surface area (Å²) >= 11 is 0. The molecule has 0 aromatic heterocycles. The van der Waals surface area contributed by atoms with Gasteiger partial charge in [-0.3, -0.25) is 9.89 Å². The van der Waals surface area contributed by atoms with Gasteiger partial charge in [-0.15, -0.1) is 0 Å². The van der Waals surface area contributed by atoms with E-state index in [1.807, 2.05) is 0 Å². The lowest BCUT2D eigenvalue weighted by atomic mass is 9.83. The molecule has 0 bridgehead atoms. The third-order valence-electron chi connectivity index (χ3n) is 6.50. The van der Waals surface area contributed by atoms with Crippen LogP contribution in [0.4, 0.5) is 0 Å². The predicted octanol–water partition coefficient (Wildman–Crippen LogP) is 2.34. The molecule has 3 aliphatic heterocycles. The molecule has 1 spiro atoms. The zero-order valence-corrected chi connectivity index (χ0v) is 13.3. The highest BCUT2D eigenvalue weighted by molar-refractivity contribution is 5.81. The molecule has 118 valence electrons. The number of hydrogen-bond acceptors (Lipinski definition) is 4. The molecule has 4 heteroatoms. The van der Waals surface area contributed by atoms with Crippen LogP contribution in [0.2, 0.25) is 0 Å².